The first kappa shape index (κ1) is 16.7. The molecule has 0 aromatic heterocycles. The van der Waals surface area contributed by atoms with Gasteiger partial charge in [-0.25, -0.2) is 0 Å². The lowest BCUT2D eigenvalue weighted by molar-refractivity contribution is -0.122. The summed E-state index contributed by atoms with van der Waals surface area (Å²) >= 11 is 0. The molecule has 0 aliphatic carbocycles. The summed E-state index contributed by atoms with van der Waals surface area (Å²) in [5, 5.41) is 6.64. The molecule has 2 aliphatic heterocycles. The molecule has 2 N–H and O–H groups in total. The zero-order valence-electron chi connectivity index (χ0n) is 11.8. The lowest BCUT2D eigenvalue weighted by Crippen LogP contribution is -2.39. The molecule has 2 saturated heterocycles. The quantitative estimate of drug-likeness (QED) is 0.704. The van der Waals surface area contributed by atoms with Gasteiger partial charge >= 0.3 is 0 Å². The van der Waals surface area contributed by atoms with Crippen LogP contribution in [-0.2, 0) is 9.53 Å². The van der Waals surface area contributed by atoms with Crippen molar-refractivity contribution in [2.75, 3.05) is 20.3 Å². The number of nitrogens with one attached hydrogen (secondary N) is 2. The Hall–Kier alpha value is -0.320. The van der Waals surface area contributed by atoms with Gasteiger partial charge in [0.25, 0.3) is 0 Å². The molecule has 1 amide bonds. The average molecular weight is 291 g/mol. The summed E-state index contributed by atoms with van der Waals surface area (Å²) in [5.41, 5.74) is 0. The van der Waals surface area contributed by atoms with Crippen LogP contribution in [0.15, 0.2) is 0 Å². The molecule has 2 heterocycles. The fraction of sp³-hybridized carbons (Fsp3) is 0.929. The number of fused-ring (bicyclic) bond motifs is 2. The number of hydrogen-bond acceptors (Lipinski definition) is 3. The van der Waals surface area contributed by atoms with E-state index >= 15 is 0 Å². The SMILES string of the molecule is COCCCCNC(=O)CC1CC2CCC(C1)N2.Cl. The van der Waals surface area contributed by atoms with Crippen LogP contribution in [0.4, 0.5) is 0 Å². The number of carbonyl (C=O) groups is 1. The first-order valence-corrected chi connectivity index (χ1v) is 7.29. The molecule has 2 aliphatic rings. The van der Waals surface area contributed by atoms with Crippen LogP contribution in [0.1, 0.15) is 44.9 Å². The summed E-state index contributed by atoms with van der Waals surface area (Å²) < 4.78 is 4.98. The first-order valence-electron chi connectivity index (χ1n) is 7.29. The fourth-order valence-corrected chi connectivity index (χ4v) is 3.28. The number of hydrogen-bond donors (Lipinski definition) is 2. The summed E-state index contributed by atoms with van der Waals surface area (Å²) in [4.78, 5) is 11.8. The Labute approximate surface area is 122 Å². The second-order valence-corrected chi connectivity index (χ2v) is 5.73. The van der Waals surface area contributed by atoms with Gasteiger partial charge in [0.2, 0.25) is 5.91 Å². The minimum absolute atomic E-state index is 0. The Morgan fingerprint density at radius 1 is 1.26 bits per heavy atom. The van der Waals surface area contributed by atoms with Crippen LogP contribution in [0.2, 0.25) is 0 Å². The van der Waals surface area contributed by atoms with Crippen molar-refractivity contribution >= 4 is 18.3 Å². The minimum atomic E-state index is 0. The molecule has 2 fully saturated rings. The molecular weight excluding hydrogens is 264 g/mol. The summed E-state index contributed by atoms with van der Waals surface area (Å²) in [6.07, 6.45) is 7.74. The fourth-order valence-electron chi connectivity index (χ4n) is 3.28. The Balaban J connectivity index is 0.00000180. The van der Waals surface area contributed by atoms with Gasteiger partial charge < -0.3 is 15.4 Å². The number of carbonyl (C=O) groups excluding carboxylic acids is 1. The summed E-state index contributed by atoms with van der Waals surface area (Å²) in [6, 6.07) is 1.37. The van der Waals surface area contributed by atoms with E-state index in [1.54, 1.807) is 7.11 Å². The normalized spacial score (nSPS) is 28.8. The average Bonchev–Trinajstić information content (AvgIpc) is 2.68. The van der Waals surface area contributed by atoms with E-state index in [-0.39, 0.29) is 18.3 Å². The van der Waals surface area contributed by atoms with Gasteiger partial charge in [0.1, 0.15) is 0 Å². The van der Waals surface area contributed by atoms with Gasteiger partial charge in [-0.05, 0) is 44.4 Å². The molecule has 0 saturated carbocycles. The third-order valence-corrected chi connectivity index (χ3v) is 4.14. The van der Waals surface area contributed by atoms with Crippen LogP contribution in [0.25, 0.3) is 0 Å². The number of rotatable bonds is 7. The molecule has 2 unspecified atom stereocenters. The Morgan fingerprint density at radius 3 is 2.58 bits per heavy atom. The number of methoxy groups -OCH3 is 1. The van der Waals surface area contributed by atoms with Crippen LogP contribution in [0, 0.1) is 5.92 Å². The van der Waals surface area contributed by atoms with Gasteiger partial charge in [0.05, 0.1) is 0 Å². The largest absolute Gasteiger partial charge is 0.385 e. The highest BCUT2D eigenvalue weighted by Crippen LogP contribution is 2.32. The number of unbranched alkanes of at least 4 members (excludes halogenated alkanes) is 1. The topological polar surface area (TPSA) is 50.4 Å². The monoisotopic (exact) mass is 290 g/mol. The van der Waals surface area contributed by atoms with E-state index in [1.165, 1.54) is 25.7 Å². The maximum absolute atomic E-state index is 11.8. The zero-order valence-corrected chi connectivity index (χ0v) is 12.6. The third kappa shape index (κ3) is 5.67. The zero-order chi connectivity index (χ0) is 12.8. The second-order valence-electron chi connectivity index (χ2n) is 5.73. The van der Waals surface area contributed by atoms with Crippen molar-refractivity contribution in [3.05, 3.63) is 0 Å². The Bertz CT molecular complexity index is 264. The van der Waals surface area contributed by atoms with Crippen LogP contribution < -0.4 is 10.6 Å². The lowest BCUT2D eigenvalue weighted by atomic mass is 9.89. The highest BCUT2D eigenvalue weighted by atomic mass is 35.5. The van der Waals surface area contributed by atoms with E-state index in [0.29, 0.717) is 18.0 Å². The molecular formula is C14H27ClN2O2. The molecule has 0 aromatic rings. The van der Waals surface area contributed by atoms with Crippen molar-refractivity contribution in [3.63, 3.8) is 0 Å². The second kappa shape index (κ2) is 8.77. The molecule has 2 bridgehead atoms. The van der Waals surface area contributed by atoms with E-state index < -0.39 is 0 Å². The molecule has 0 aromatic carbocycles. The van der Waals surface area contributed by atoms with Crippen molar-refractivity contribution in [2.24, 2.45) is 5.92 Å². The van der Waals surface area contributed by atoms with Crippen LogP contribution in [0.3, 0.4) is 0 Å². The molecule has 2 atom stereocenters. The molecule has 19 heavy (non-hydrogen) atoms. The van der Waals surface area contributed by atoms with Gasteiger partial charge in [0.15, 0.2) is 0 Å². The first-order chi connectivity index (χ1) is 8.78. The van der Waals surface area contributed by atoms with Crippen molar-refractivity contribution in [1.29, 1.82) is 0 Å². The van der Waals surface area contributed by atoms with Crippen molar-refractivity contribution in [1.82, 2.24) is 10.6 Å². The molecule has 2 rings (SSSR count). The number of halogens is 1. The van der Waals surface area contributed by atoms with E-state index in [2.05, 4.69) is 10.6 Å². The predicted octanol–water partition coefficient (Wildman–Crippen LogP) is 1.87. The molecule has 0 spiro atoms. The molecule has 5 heteroatoms. The molecule has 4 nitrogen and oxygen atoms in total. The third-order valence-electron chi connectivity index (χ3n) is 4.14. The lowest BCUT2D eigenvalue weighted by Gasteiger charge is -2.28. The minimum Gasteiger partial charge on any atom is -0.385 e. The van der Waals surface area contributed by atoms with Crippen LogP contribution in [0.5, 0.6) is 0 Å². The van der Waals surface area contributed by atoms with Gasteiger partial charge in [-0.3, -0.25) is 4.79 Å². The van der Waals surface area contributed by atoms with E-state index in [4.69, 9.17) is 4.74 Å². The van der Waals surface area contributed by atoms with Gasteiger partial charge in [0, 0.05) is 38.8 Å². The standard InChI is InChI=1S/C14H26N2O2.ClH/c1-18-7-3-2-6-15-14(17)10-11-8-12-4-5-13(9-11)16-12;/h11-13,16H,2-10H2,1H3,(H,15,17);1H. The van der Waals surface area contributed by atoms with E-state index in [9.17, 15) is 4.79 Å². The van der Waals surface area contributed by atoms with Crippen molar-refractivity contribution in [2.45, 2.75) is 57.0 Å². The van der Waals surface area contributed by atoms with Crippen molar-refractivity contribution in [3.8, 4) is 0 Å². The molecule has 112 valence electrons. The van der Waals surface area contributed by atoms with Crippen LogP contribution in [-0.4, -0.2) is 38.3 Å². The molecule has 0 radical (unpaired) electrons. The summed E-state index contributed by atoms with van der Waals surface area (Å²) in [7, 11) is 1.71. The van der Waals surface area contributed by atoms with E-state index in [1.807, 2.05) is 0 Å². The van der Waals surface area contributed by atoms with Gasteiger partial charge in [-0.1, -0.05) is 0 Å². The summed E-state index contributed by atoms with van der Waals surface area (Å²) in [6.45, 7) is 1.58. The number of amides is 1. The predicted molar refractivity (Wildman–Crippen MR) is 78.7 cm³/mol. The maximum Gasteiger partial charge on any atom is 0.220 e. The summed E-state index contributed by atoms with van der Waals surface area (Å²) in [5.74, 6) is 0.835. The van der Waals surface area contributed by atoms with Gasteiger partial charge in [-0.15, -0.1) is 12.4 Å². The van der Waals surface area contributed by atoms with Gasteiger partial charge in [-0.2, -0.15) is 0 Å². The smallest absolute Gasteiger partial charge is 0.220 e. The highest BCUT2D eigenvalue weighted by molar-refractivity contribution is 5.85. The number of piperidine rings is 1. The van der Waals surface area contributed by atoms with Crippen LogP contribution >= 0.6 is 12.4 Å². The Morgan fingerprint density at radius 2 is 1.95 bits per heavy atom. The van der Waals surface area contributed by atoms with Crippen molar-refractivity contribution < 1.29 is 9.53 Å². The number of ether oxygens (including phenoxy) is 1. The Kier molecular flexibility index (Phi) is 7.73. The maximum atomic E-state index is 11.8. The highest BCUT2D eigenvalue weighted by Gasteiger charge is 2.33. The van der Waals surface area contributed by atoms with E-state index in [0.717, 1.165) is 32.4 Å².